The number of rotatable bonds is 12. The molecule has 1 atom stereocenters. The molecule has 25 heavy (non-hydrogen) atoms. The molecule has 4 N–H and O–H groups in total. The van der Waals surface area contributed by atoms with Gasteiger partial charge in [-0.3, -0.25) is 9.59 Å². The highest BCUT2D eigenvalue weighted by Gasteiger charge is 2.62. The van der Waals surface area contributed by atoms with Crippen LogP contribution in [0.4, 0.5) is 0 Å². The Morgan fingerprint density at radius 1 is 0.920 bits per heavy atom. The van der Waals surface area contributed by atoms with Crippen LogP contribution >= 0.6 is 0 Å². The van der Waals surface area contributed by atoms with Crippen LogP contribution in [0.3, 0.4) is 0 Å². The van der Waals surface area contributed by atoms with Crippen LogP contribution in [0.2, 0.25) is 0 Å². The summed E-state index contributed by atoms with van der Waals surface area (Å²) < 4.78 is 5.71. The first kappa shape index (κ1) is 23.4. The number of amides is 1. The fourth-order valence-corrected chi connectivity index (χ4v) is 3.43. The van der Waals surface area contributed by atoms with Crippen LogP contribution in [0, 0.1) is 23.2 Å². The van der Waals surface area contributed by atoms with Crippen LogP contribution in [0.15, 0.2) is 0 Å². The number of carboxylic acids is 2. The Morgan fingerprint density at radius 3 is 1.60 bits per heavy atom. The van der Waals surface area contributed by atoms with Crippen LogP contribution in [-0.2, 0) is 19.1 Å². The second-order valence-electron chi connectivity index (χ2n) is 8.05. The molecule has 7 heteroatoms. The number of carboxylic acid groups (broad SMARTS) is 2. The highest BCUT2D eigenvalue weighted by Crippen LogP contribution is 2.48. The largest absolute Gasteiger partial charge is 0.481 e. The lowest BCUT2D eigenvalue weighted by Crippen LogP contribution is -2.63. The summed E-state index contributed by atoms with van der Waals surface area (Å²) in [6, 6.07) is 0. The van der Waals surface area contributed by atoms with E-state index in [-0.39, 0.29) is 37.2 Å². The summed E-state index contributed by atoms with van der Waals surface area (Å²) in [6.45, 7) is 11.0. The molecule has 0 saturated carbocycles. The van der Waals surface area contributed by atoms with Gasteiger partial charge in [-0.2, -0.15) is 0 Å². The van der Waals surface area contributed by atoms with E-state index in [1.165, 1.54) is 0 Å². The lowest BCUT2D eigenvalue weighted by molar-refractivity contribution is -0.204. The molecule has 0 aliphatic carbocycles. The van der Waals surface area contributed by atoms with E-state index in [0.717, 1.165) is 0 Å². The van der Waals surface area contributed by atoms with Gasteiger partial charge in [-0.05, 0) is 30.6 Å². The van der Waals surface area contributed by atoms with Crippen LogP contribution in [-0.4, -0.2) is 40.3 Å². The third kappa shape index (κ3) is 5.70. The molecule has 0 fully saturated rings. The number of carbonyl (C=O) groups is 3. The summed E-state index contributed by atoms with van der Waals surface area (Å²) in [7, 11) is 0. The lowest BCUT2D eigenvalue weighted by Gasteiger charge is -2.47. The minimum absolute atomic E-state index is 0.0187. The fraction of sp³-hybridized carbons (Fsp3) is 0.833. The van der Waals surface area contributed by atoms with Gasteiger partial charge in [-0.1, -0.05) is 41.5 Å². The smallest absolute Gasteiger partial charge is 0.337 e. The van der Waals surface area contributed by atoms with Gasteiger partial charge in [0, 0.05) is 0 Å². The molecule has 0 bridgehead atoms. The van der Waals surface area contributed by atoms with Crippen molar-refractivity contribution < 1.29 is 29.3 Å². The standard InChI is InChI=1S/C18H33NO6/c1-11(2)7-17(15(19)22,8-12(3)4)18(16(23)24,9-14(20)21)25-10-13(5)6/h11-13H,7-10H2,1-6H3,(H2,19,22)(H,20,21)(H,23,24). The van der Waals surface area contributed by atoms with Gasteiger partial charge in [0.05, 0.1) is 18.4 Å². The second kappa shape index (κ2) is 9.17. The molecule has 0 aliphatic heterocycles. The minimum atomic E-state index is -2.20. The second-order valence-corrected chi connectivity index (χ2v) is 8.05. The maximum atomic E-state index is 12.6. The van der Waals surface area contributed by atoms with Gasteiger partial charge in [-0.25, -0.2) is 4.79 Å². The highest BCUT2D eigenvalue weighted by atomic mass is 16.5. The number of aliphatic carboxylic acids is 2. The van der Waals surface area contributed by atoms with Crippen molar-refractivity contribution in [3.63, 3.8) is 0 Å². The summed E-state index contributed by atoms with van der Waals surface area (Å²) in [5, 5.41) is 19.4. The zero-order valence-electron chi connectivity index (χ0n) is 16.2. The molecular formula is C18H33NO6. The topological polar surface area (TPSA) is 127 Å². The number of hydrogen-bond acceptors (Lipinski definition) is 4. The normalized spacial score (nSPS) is 14.8. The quantitative estimate of drug-likeness (QED) is 0.491. The van der Waals surface area contributed by atoms with Gasteiger partial charge in [0.25, 0.3) is 0 Å². The van der Waals surface area contributed by atoms with Crippen LogP contribution in [0.5, 0.6) is 0 Å². The number of nitrogens with two attached hydrogens (primary N) is 1. The van der Waals surface area contributed by atoms with Crippen molar-refractivity contribution in [2.45, 2.75) is 66.4 Å². The summed E-state index contributed by atoms with van der Waals surface area (Å²) >= 11 is 0. The first-order valence-electron chi connectivity index (χ1n) is 8.69. The van der Waals surface area contributed by atoms with Crippen molar-refractivity contribution in [3.05, 3.63) is 0 Å². The first-order chi connectivity index (χ1) is 11.3. The molecule has 0 rings (SSSR count). The third-order valence-electron chi connectivity index (χ3n) is 4.17. The molecule has 1 unspecified atom stereocenters. The molecule has 0 aromatic heterocycles. The minimum Gasteiger partial charge on any atom is -0.481 e. The van der Waals surface area contributed by atoms with Crippen molar-refractivity contribution in [3.8, 4) is 0 Å². The molecule has 0 aromatic rings. The summed E-state index contributed by atoms with van der Waals surface area (Å²) in [6.07, 6.45) is -0.548. The molecule has 0 radical (unpaired) electrons. The fourth-order valence-electron chi connectivity index (χ4n) is 3.43. The Kier molecular flexibility index (Phi) is 8.58. The van der Waals surface area contributed by atoms with E-state index in [2.05, 4.69) is 0 Å². The van der Waals surface area contributed by atoms with Crippen molar-refractivity contribution in [1.82, 2.24) is 0 Å². The average molecular weight is 359 g/mol. The van der Waals surface area contributed by atoms with Crippen molar-refractivity contribution in [1.29, 1.82) is 0 Å². The van der Waals surface area contributed by atoms with Gasteiger partial charge in [0.1, 0.15) is 0 Å². The van der Waals surface area contributed by atoms with Gasteiger partial charge in [0.2, 0.25) is 5.91 Å². The SMILES string of the molecule is CC(C)COC(CC(=O)O)(C(=O)O)C(CC(C)C)(CC(C)C)C(N)=O. The molecule has 0 aliphatic rings. The average Bonchev–Trinajstić information content (AvgIpc) is 2.40. The zero-order chi connectivity index (χ0) is 20.0. The molecule has 0 spiro atoms. The Labute approximate surface area is 149 Å². The Hall–Kier alpha value is -1.63. The predicted octanol–water partition coefficient (Wildman–Crippen LogP) is 2.52. The molecule has 1 amide bonds. The number of ether oxygens (including phenoxy) is 1. The summed E-state index contributed by atoms with van der Waals surface area (Å²) in [5.74, 6) is -3.80. The molecule has 0 heterocycles. The molecular weight excluding hydrogens is 326 g/mol. The van der Waals surface area contributed by atoms with Crippen LogP contribution in [0.1, 0.15) is 60.8 Å². The Bertz CT molecular complexity index is 476. The van der Waals surface area contributed by atoms with E-state index >= 15 is 0 Å². The van der Waals surface area contributed by atoms with Crippen molar-refractivity contribution in [2.24, 2.45) is 28.9 Å². The van der Waals surface area contributed by atoms with Gasteiger partial charge in [0.15, 0.2) is 5.60 Å². The number of hydrogen-bond donors (Lipinski definition) is 3. The maximum Gasteiger partial charge on any atom is 0.337 e. The summed E-state index contributed by atoms with van der Waals surface area (Å²) in [4.78, 5) is 36.4. The molecule has 0 aromatic carbocycles. The Morgan fingerprint density at radius 2 is 1.36 bits per heavy atom. The number of primary amides is 1. The number of carbonyl (C=O) groups excluding carboxylic acids is 1. The van der Waals surface area contributed by atoms with E-state index in [9.17, 15) is 24.6 Å². The van der Waals surface area contributed by atoms with E-state index < -0.39 is 35.3 Å². The van der Waals surface area contributed by atoms with Crippen LogP contribution in [0.25, 0.3) is 0 Å². The highest BCUT2D eigenvalue weighted by molar-refractivity contribution is 5.94. The van der Waals surface area contributed by atoms with E-state index in [1.807, 2.05) is 41.5 Å². The van der Waals surface area contributed by atoms with E-state index in [1.54, 1.807) is 0 Å². The molecule has 146 valence electrons. The molecule has 7 nitrogen and oxygen atoms in total. The van der Waals surface area contributed by atoms with Gasteiger partial charge < -0.3 is 20.7 Å². The first-order valence-corrected chi connectivity index (χ1v) is 8.69. The Balaban J connectivity index is 6.57. The predicted molar refractivity (Wildman–Crippen MR) is 93.9 cm³/mol. The van der Waals surface area contributed by atoms with E-state index in [4.69, 9.17) is 10.5 Å². The zero-order valence-corrected chi connectivity index (χ0v) is 16.2. The monoisotopic (exact) mass is 359 g/mol. The van der Waals surface area contributed by atoms with Crippen molar-refractivity contribution >= 4 is 17.8 Å². The van der Waals surface area contributed by atoms with Gasteiger partial charge in [-0.15, -0.1) is 0 Å². The maximum absolute atomic E-state index is 12.6. The van der Waals surface area contributed by atoms with Gasteiger partial charge >= 0.3 is 11.9 Å². The lowest BCUT2D eigenvalue weighted by atomic mass is 9.61. The van der Waals surface area contributed by atoms with Crippen LogP contribution < -0.4 is 5.73 Å². The van der Waals surface area contributed by atoms with E-state index in [0.29, 0.717) is 0 Å². The third-order valence-corrected chi connectivity index (χ3v) is 4.17. The van der Waals surface area contributed by atoms with Crippen molar-refractivity contribution in [2.75, 3.05) is 6.61 Å². The molecule has 0 saturated heterocycles. The summed E-state index contributed by atoms with van der Waals surface area (Å²) in [5.41, 5.74) is 1.88.